The van der Waals surface area contributed by atoms with Crippen molar-refractivity contribution in [2.45, 2.75) is 37.2 Å². The summed E-state index contributed by atoms with van der Waals surface area (Å²) in [5.74, 6) is 0.271. The lowest BCUT2D eigenvalue weighted by atomic mass is 10.0. The number of benzene rings is 1. The maximum Gasteiger partial charge on any atom is 0.243 e. The summed E-state index contributed by atoms with van der Waals surface area (Å²) < 4.78 is 27.5. The largest absolute Gasteiger partial charge is 0.315 e. The summed E-state index contributed by atoms with van der Waals surface area (Å²) >= 11 is 0. The molecule has 21 heavy (non-hydrogen) atoms. The minimum Gasteiger partial charge on any atom is -0.315 e. The highest BCUT2D eigenvalue weighted by Gasteiger charge is 2.47. The molecule has 1 N–H and O–H groups in total. The maximum atomic E-state index is 12.9. The van der Waals surface area contributed by atoms with E-state index in [9.17, 15) is 13.2 Å². The van der Waals surface area contributed by atoms with Crippen LogP contribution in [-0.2, 0) is 10.0 Å². The Labute approximate surface area is 125 Å². The highest BCUT2D eigenvalue weighted by atomic mass is 32.2. The van der Waals surface area contributed by atoms with Gasteiger partial charge in [-0.25, -0.2) is 8.42 Å². The van der Waals surface area contributed by atoms with E-state index in [1.165, 1.54) is 13.0 Å². The first-order valence-electron chi connectivity index (χ1n) is 7.26. The number of hydrogen-bond acceptors (Lipinski definition) is 4. The lowest BCUT2D eigenvalue weighted by Crippen LogP contribution is -2.42. The minimum absolute atomic E-state index is 0.00749. The molecule has 0 aromatic heterocycles. The van der Waals surface area contributed by atoms with Crippen molar-refractivity contribution in [1.82, 2.24) is 9.62 Å². The molecule has 2 heterocycles. The van der Waals surface area contributed by atoms with Gasteiger partial charge in [0.2, 0.25) is 10.0 Å². The summed E-state index contributed by atoms with van der Waals surface area (Å²) in [6, 6.07) is 6.38. The van der Waals surface area contributed by atoms with E-state index in [1.807, 2.05) is 6.92 Å². The standard InChI is InChI=1S/C15H20N2O3S/c1-10-6-13-8-16-9-15(13)17(10)21(19,20)14-5-3-4-12(7-14)11(2)18/h3-5,7,10,13,15-16H,6,8-9H2,1-2H3. The number of Topliss-reactive ketones (excluding diaryl/α,β-unsaturated/α-hetero) is 1. The second-order valence-corrected chi connectivity index (χ2v) is 7.83. The number of nitrogens with one attached hydrogen (secondary N) is 1. The molecule has 2 aliphatic heterocycles. The van der Waals surface area contributed by atoms with Gasteiger partial charge in [-0.2, -0.15) is 4.31 Å². The number of ketones is 1. The smallest absolute Gasteiger partial charge is 0.243 e. The van der Waals surface area contributed by atoms with Gasteiger partial charge in [-0.15, -0.1) is 0 Å². The van der Waals surface area contributed by atoms with Crippen molar-refractivity contribution in [3.8, 4) is 0 Å². The summed E-state index contributed by atoms with van der Waals surface area (Å²) in [7, 11) is -3.56. The van der Waals surface area contributed by atoms with E-state index in [-0.39, 0.29) is 22.8 Å². The predicted molar refractivity (Wildman–Crippen MR) is 79.7 cm³/mol. The van der Waals surface area contributed by atoms with Gasteiger partial charge in [0, 0.05) is 24.2 Å². The number of fused-ring (bicyclic) bond motifs is 1. The van der Waals surface area contributed by atoms with Gasteiger partial charge in [0.15, 0.2) is 5.78 Å². The van der Waals surface area contributed by atoms with Crippen LogP contribution in [0.1, 0.15) is 30.6 Å². The van der Waals surface area contributed by atoms with E-state index in [0.717, 1.165) is 13.0 Å². The third kappa shape index (κ3) is 2.41. The van der Waals surface area contributed by atoms with E-state index >= 15 is 0 Å². The van der Waals surface area contributed by atoms with Crippen molar-refractivity contribution in [1.29, 1.82) is 0 Å². The number of sulfonamides is 1. The zero-order valence-electron chi connectivity index (χ0n) is 12.2. The van der Waals surface area contributed by atoms with Crippen molar-refractivity contribution in [3.63, 3.8) is 0 Å². The molecular formula is C15H20N2O3S. The fourth-order valence-electron chi connectivity index (χ4n) is 3.54. The molecule has 3 unspecified atom stereocenters. The molecule has 0 bridgehead atoms. The molecule has 2 aliphatic rings. The highest BCUT2D eigenvalue weighted by Crippen LogP contribution is 2.36. The van der Waals surface area contributed by atoms with Crippen LogP contribution >= 0.6 is 0 Å². The third-order valence-electron chi connectivity index (χ3n) is 4.53. The summed E-state index contributed by atoms with van der Waals surface area (Å²) in [4.78, 5) is 11.7. The molecule has 0 radical (unpaired) electrons. The molecule has 1 aromatic rings. The van der Waals surface area contributed by atoms with Crippen LogP contribution in [0.4, 0.5) is 0 Å². The maximum absolute atomic E-state index is 12.9. The van der Waals surface area contributed by atoms with Crippen LogP contribution in [0.15, 0.2) is 29.2 Å². The molecule has 3 atom stereocenters. The number of nitrogens with zero attached hydrogens (tertiary/aromatic N) is 1. The Hall–Kier alpha value is -1.24. The van der Waals surface area contributed by atoms with E-state index in [2.05, 4.69) is 5.32 Å². The molecule has 6 heteroatoms. The molecule has 0 saturated carbocycles. The second-order valence-electron chi connectivity index (χ2n) is 5.99. The molecule has 5 nitrogen and oxygen atoms in total. The Morgan fingerprint density at radius 2 is 2.10 bits per heavy atom. The Morgan fingerprint density at radius 3 is 2.81 bits per heavy atom. The monoisotopic (exact) mass is 308 g/mol. The predicted octanol–water partition coefficient (Wildman–Crippen LogP) is 1.26. The lowest BCUT2D eigenvalue weighted by molar-refractivity contribution is 0.101. The van der Waals surface area contributed by atoms with Crippen LogP contribution in [0.2, 0.25) is 0 Å². The Kier molecular flexibility index (Phi) is 3.63. The normalized spacial score (nSPS) is 29.5. The SMILES string of the molecule is CC(=O)c1cccc(S(=O)(=O)N2C(C)CC3CNCC32)c1. The van der Waals surface area contributed by atoms with Crippen LogP contribution in [0, 0.1) is 5.92 Å². The average molecular weight is 308 g/mol. The molecule has 1 aromatic carbocycles. The van der Waals surface area contributed by atoms with Gasteiger partial charge in [-0.1, -0.05) is 12.1 Å². The van der Waals surface area contributed by atoms with Gasteiger partial charge < -0.3 is 5.32 Å². The van der Waals surface area contributed by atoms with Crippen molar-refractivity contribution < 1.29 is 13.2 Å². The molecule has 0 aliphatic carbocycles. The fourth-order valence-corrected chi connectivity index (χ4v) is 5.47. The highest BCUT2D eigenvalue weighted by molar-refractivity contribution is 7.89. The zero-order chi connectivity index (χ0) is 15.2. The molecule has 2 fully saturated rings. The van der Waals surface area contributed by atoms with Crippen molar-refractivity contribution >= 4 is 15.8 Å². The Bertz CT molecular complexity index is 671. The number of hydrogen-bond donors (Lipinski definition) is 1. The molecular weight excluding hydrogens is 288 g/mol. The van der Waals surface area contributed by atoms with Crippen molar-refractivity contribution in [2.24, 2.45) is 5.92 Å². The van der Waals surface area contributed by atoms with Crippen LogP contribution in [0.25, 0.3) is 0 Å². The first-order valence-corrected chi connectivity index (χ1v) is 8.70. The minimum atomic E-state index is -3.56. The summed E-state index contributed by atoms with van der Waals surface area (Å²) in [5, 5.41) is 3.27. The lowest BCUT2D eigenvalue weighted by Gasteiger charge is -2.26. The second kappa shape index (κ2) is 5.19. The van der Waals surface area contributed by atoms with Gasteiger partial charge in [-0.3, -0.25) is 4.79 Å². The molecule has 114 valence electrons. The summed E-state index contributed by atoms with van der Waals surface area (Å²) in [5.41, 5.74) is 0.434. The summed E-state index contributed by atoms with van der Waals surface area (Å²) in [6.45, 7) is 5.00. The van der Waals surface area contributed by atoms with Crippen molar-refractivity contribution in [2.75, 3.05) is 13.1 Å². The van der Waals surface area contributed by atoms with Crippen LogP contribution in [0.3, 0.4) is 0 Å². The Balaban J connectivity index is 2.00. The number of carbonyl (C=O) groups is 1. The molecule has 3 rings (SSSR count). The van der Waals surface area contributed by atoms with E-state index in [4.69, 9.17) is 0 Å². The van der Waals surface area contributed by atoms with E-state index in [0.29, 0.717) is 18.0 Å². The Morgan fingerprint density at radius 1 is 1.33 bits per heavy atom. The van der Waals surface area contributed by atoms with Crippen LogP contribution < -0.4 is 5.32 Å². The van der Waals surface area contributed by atoms with Crippen molar-refractivity contribution in [3.05, 3.63) is 29.8 Å². The fraction of sp³-hybridized carbons (Fsp3) is 0.533. The summed E-state index contributed by atoms with van der Waals surface area (Å²) in [6.07, 6.45) is 0.892. The van der Waals surface area contributed by atoms with Gasteiger partial charge in [0.1, 0.15) is 0 Å². The quantitative estimate of drug-likeness (QED) is 0.854. The van der Waals surface area contributed by atoms with E-state index < -0.39 is 10.0 Å². The van der Waals surface area contributed by atoms with Gasteiger partial charge in [0.25, 0.3) is 0 Å². The molecule has 2 saturated heterocycles. The third-order valence-corrected chi connectivity index (χ3v) is 6.56. The first-order chi connectivity index (χ1) is 9.91. The molecule has 0 amide bonds. The first kappa shape index (κ1) is 14.7. The van der Waals surface area contributed by atoms with E-state index in [1.54, 1.807) is 22.5 Å². The van der Waals surface area contributed by atoms with Gasteiger partial charge in [0.05, 0.1) is 4.90 Å². The average Bonchev–Trinajstić information content (AvgIpc) is 2.98. The topological polar surface area (TPSA) is 66.5 Å². The van der Waals surface area contributed by atoms with Crippen LogP contribution in [0.5, 0.6) is 0 Å². The number of rotatable bonds is 3. The zero-order valence-corrected chi connectivity index (χ0v) is 13.1. The molecule has 0 spiro atoms. The van der Waals surface area contributed by atoms with Gasteiger partial charge >= 0.3 is 0 Å². The van der Waals surface area contributed by atoms with Crippen LogP contribution in [-0.4, -0.2) is 43.7 Å². The number of carbonyl (C=O) groups excluding carboxylic acids is 1. The van der Waals surface area contributed by atoms with Gasteiger partial charge in [-0.05, 0) is 44.9 Å².